The number of nitrogens with one attached hydrogen (secondary N) is 1. The van der Waals surface area contributed by atoms with Crippen LogP contribution >= 0.6 is 0 Å². The molecule has 0 spiro atoms. The quantitative estimate of drug-likeness (QED) is 0.904. The van der Waals surface area contributed by atoms with Crippen LogP contribution in [0.4, 0.5) is 5.82 Å². The predicted octanol–water partition coefficient (Wildman–Crippen LogP) is 2.33. The molecule has 1 amide bonds. The van der Waals surface area contributed by atoms with Crippen LogP contribution in [0.3, 0.4) is 0 Å². The van der Waals surface area contributed by atoms with E-state index in [0.717, 1.165) is 30.9 Å². The molecule has 1 fully saturated rings. The van der Waals surface area contributed by atoms with Gasteiger partial charge in [0.1, 0.15) is 5.82 Å². The topological polar surface area (TPSA) is 54.5 Å². The van der Waals surface area contributed by atoms with Gasteiger partial charge in [0, 0.05) is 24.3 Å². The maximum Gasteiger partial charge on any atom is 0.254 e. The summed E-state index contributed by atoms with van der Waals surface area (Å²) in [4.78, 5) is 19.1. The Morgan fingerprint density at radius 2 is 2.29 bits per heavy atom. The van der Waals surface area contributed by atoms with Crippen molar-refractivity contribution in [2.75, 3.05) is 31.6 Å². The highest BCUT2D eigenvalue weighted by molar-refractivity contribution is 5.95. The Kier molecular flexibility index (Phi) is 5.56. The summed E-state index contributed by atoms with van der Waals surface area (Å²) in [7, 11) is 0. The third kappa shape index (κ3) is 3.94. The molecule has 5 heteroatoms. The number of hydrogen-bond acceptors (Lipinski definition) is 4. The molecule has 1 saturated heterocycles. The molecule has 2 heterocycles. The molecule has 1 aliphatic rings. The molecule has 1 aliphatic heterocycles. The van der Waals surface area contributed by atoms with E-state index < -0.39 is 0 Å². The first-order valence-corrected chi connectivity index (χ1v) is 7.79. The van der Waals surface area contributed by atoms with Gasteiger partial charge in [0.25, 0.3) is 5.91 Å². The van der Waals surface area contributed by atoms with E-state index in [1.54, 1.807) is 0 Å². The molecule has 0 radical (unpaired) electrons. The summed E-state index contributed by atoms with van der Waals surface area (Å²) in [5.41, 5.74) is 1.66. The lowest BCUT2D eigenvalue weighted by atomic mass is 10.1. The van der Waals surface area contributed by atoms with Crippen LogP contribution in [-0.2, 0) is 11.2 Å². The highest BCUT2D eigenvalue weighted by Crippen LogP contribution is 2.16. The number of ether oxygens (including phenoxy) is 1. The molecule has 0 bridgehead atoms. The molecular weight excluding hydrogens is 266 g/mol. The molecule has 5 nitrogen and oxygen atoms in total. The predicted molar refractivity (Wildman–Crippen MR) is 83.7 cm³/mol. The molecule has 1 aromatic heterocycles. The van der Waals surface area contributed by atoms with E-state index in [2.05, 4.69) is 24.1 Å². The summed E-state index contributed by atoms with van der Waals surface area (Å²) in [5.74, 6) is 0.864. The van der Waals surface area contributed by atoms with Gasteiger partial charge in [-0.3, -0.25) is 4.79 Å². The van der Waals surface area contributed by atoms with Gasteiger partial charge in [0.2, 0.25) is 0 Å². The van der Waals surface area contributed by atoms with Crippen LogP contribution in [0.25, 0.3) is 0 Å². The zero-order valence-corrected chi connectivity index (χ0v) is 13.2. The van der Waals surface area contributed by atoms with Crippen LogP contribution in [0.5, 0.6) is 0 Å². The Labute approximate surface area is 126 Å². The van der Waals surface area contributed by atoms with Gasteiger partial charge < -0.3 is 15.0 Å². The summed E-state index contributed by atoms with van der Waals surface area (Å²) < 4.78 is 5.40. The zero-order valence-electron chi connectivity index (χ0n) is 13.2. The minimum atomic E-state index is 0.0717. The lowest BCUT2D eigenvalue weighted by Crippen LogP contribution is -2.47. The second-order valence-electron chi connectivity index (χ2n) is 5.44. The number of carbonyl (C=O) groups is 1. The number of hydrogen-bond donors (Lipinski definition) is 1. The number of anilines is 1. The second-order valence-corrected chi connectivity index (χ2v) is 5.44. The van der Waals surface area contributed by atoms with Crippen LogP contribution in [0.1, 0.15) is 43.2 Å². The van der Waals surface area contributed by atoms with E-state index >= 15 is 0 Å². The maximum absolute atomic E-state index is 12.7. The summed E-state index contributed by atoms with van der Waals surface area (Å²) in [6, 6.07) is 3.89. The van der Waals surface area contributed by atoms with Gasteiger partial charge in [-0.05, 0) is 31.9 Å². The van der Waals surface area contributed by atoms with E-state index in [9.17, 15) is 4.79 Å². The molecule has 1 N–H and O–H groups in total. The van der Waals surface area contributed by atoms with Crippen molar-refractivity contribution in [2.45, 2.75) is 39.7 Å². The monoisotopic (exact) mass is 291 g/mol. The first-order valence-electron chi connectivity index (χ1n) is 7.79. The average Bonchev–Trinajstić information content (AvgIpc) is 2.52. The third-order valence-electron chi connectivity index (χ3n) is 3.67. The fourth-order valence-electron chi connectivity index (χ4n) is 2.43. The third-order valence-corrected chi connectivity index (χ3v) is 3.67. The van der Waals surface area contributed by atoms with Crippen LogP contribution in [0.15, 0.2) is 12.1 Å². The minimum absolute atomic E-state index is 0.0717. The van der Waals surface area contributed by atoms with Crippen molar-refractivity contribution in [3.8, 4) is 0 Å². The molecule has 116 valence electrons. The Morgan fingerprint density at radius 3 is 2.95 bits per heavy atom. The highest BCUT2D eigenvalue weighted by atomic mass is 16.5. The lowest BCUT2D eigenvalue weighted by molar-refractivity contribution is 0.00358. The summed E-state index contributed by atoms with van der Waals surface area (Å²) in [6.45, 7) is 8.93. The van der Waals surface area contributed by atoms with Crippen LogP contribution in [-0.4, -0.2) is 48.1 Å². The van der Waals surface area contributed by atoms with E-state index in [0.29, 0.717) is 25.3 Å². The fourth-order valence-corrected chi connectivity index (χ4v) is 2.43. The van der Waals surface area contributed by atoms with Crippen molar-refractivity contribution in [1.29, 1.82) is 0 Å². The first kappa shape index (κ1) is 15.8. The number of rotatable bonds is 5. The second kappa shape index (κ2) is 7.41. The van der Waals surface area contributed by atoms with Crippen molar-refractivity contribution in [3.05, 3.63) is 23.4 Å². The molecule has 2 rings (SSSR count). The summed E-state index contributed by atoms with van der Waals surface area (Å²) in [6.07, 6.45) is 1.85. The average molecular weight is 291 g/mol. The van der Waals surface area contributed by atoms with Gasteiger partial charge in [-0.2, -0.15) is 0 Å². The molecule has 0 saturated carbocycles. The standard InChI is InChI=1S/C16H25N3O2/c1-4-6-17-15-10-13(9-14(5-2)18-15)16(20)19-7-8-21-11-12(19)3/h9-10,12H,4-8,11H2,1-3H3,(H,17,18). The number of nitrogens with zero attached hydrogens (tertiary/aromatic N) is 2. The molecule has 0 aliphatic carbocycles. The van der Waals surface area contributed by atoms with E-state index in [-0.39, 0.29) is 11.9 Å². The molecule has 21 heavy (non-hydrogen) atoms. The Balaban J connectivity index is 2.22. The molecule has 0 aromatic carbocycles. The highest BCUT2D eigenvalue weighted by Gasteiger charge is 2.25. The first-order chi connectivity index (χ1) is 10.2. The van der Waals surface area contributed by atoms with Crippen molar-refractivity contribution in [2.24, 2.45) is 0 Å². The van der Waals surface area contributed by atoms with Gasteiger partial charge in [-0.15, -0.1) is 0 Å². The Bertz CT molecular complexity index is 490. The number of aryl methyl sites for hydroxylation is 1. The number of morpholine rings is 1. The SMILES string of the molecule is CCCNc1cc(C(=O)N2CCOCC2C)cc(CC)n1. The van der Waals surface area contributed by atoms with Gasteiger partial charge in [-0.25, -0.2) is 4.98 Å². The molecule has 1 atom stereocenters. The summed E-state index contributed by atoms with van der Waals surface area (Å²) in [5, 5.41) is 3.27. The number of aromatic nitrogens is 1. The fraction of sp³-hybridized carbons (Fsp3) is 0.625. The normalized spacial score (nSPS) is 18.6. The van der Waals surface area contributed by atoms with Crippen molar-refractivity contribution in [1.82, 2.24) is 9.88 Å². The smallest absolute Gasteiger partial charge is 0.254 e. The van der Waals surface area contributed by atoms with Crippen molar-refractivity contribution >= 4 is 11.7 Å². The van der Waals surface area contributed by atoms with Crippen LogP contribution in [0, 0.1) is 0 Å². The summed E-state index contributed by atoms with van der Waals surface area (Å²) >= 11 is 0. The molecule has 1 unspecified atom stereocenters. The lowest BCUT2D eigenvalue weighted by Gasteiger charge is -2.33. The Morgan fingerprint density at radius 1 is 1.48 bits per heavy atom. The minimum Gasteiger partial charge on any atom is -0.377 e. The van der Waals surface area contributed by atoms with Crippen LogP contribution in [0.2, 0.25) is 0 Å². The number of carbonyl (C=O) groups excluding carboxylic acids is 1. The molecule has 1 aromatic rings. The van der Waals surface area contributed by atoms with Gasteiger partial charge in [0.15, 0.2) is 0 Å². The van der Waals surface area contributed by atoms with Gasteiger partial charge >= 0.3 is 0 Å². The Hall–Kier alpha value is -1.62. The van der Waals surface area contributed by atoms with Gasteiger partial charge in [0.05, 0.1) is 19.3 Å². The zero-order chi connectivity index (χ0) is 15.2. The van der Waals surface area contributed by atoms with E-state index in [4.69, 9.17) is 4.74 Å². The molecular formula is C16H25N3O2. The van der Waals surface area contributed by atoms with Crippen LogP contribution < -0.4 is 5.32 Å². The number of amides is 1. The maximum atomic E-state index is 12.7. The van der Waals surface area contributed by atoms with Crippen molar-refractivity contribution < 1.29 is 9.53 Å². The van der Waals surface area contributed by atoms with E-state index in [1.165, 1.54) is 0 Å². The van der Waals surface area contributed by atoms with Gasteiger partial charge in [-0.1, -0.05) is 13.8 Å². The number of pyridine rings is 1. The van der Waals surface area contributed by atoms with E-state index in [1.807, 2.05) is 24.0 Å². The largest absolute Gasteiger partial charge is 0.377 e. The van der Waals surface area contributed by atoms with Crippen molar-refractivity contribution in [3.63, 3.8) is 0 Å².